The number of aliphatic hydroxyl groups is 1. The molecule has 2 heterocycles. The summed E-state index contributed by atoms with van der Waals surface area (Å²) in [6.45, 7) is 1.69. The van der Waals surface area contributed by atoms with Crippen LogP contribution in [0.2, 0.25) is 0 Å². The first-order valence-corrected chi connectivity index (χ1v) is 9.94. The number of carbonyl (C=O) groups is 1. The van der Waals surface area contributed by atoms with Gasteiger partial charge in [0.05, 0.1) is 23.7 Å². The van der Waals surface area contributed by atoms with Crippen LogP contribution in [-0.2, 0) is 6.61 Å². The molecule has 0 aliphatic heterocycles. The number of ether oxygens (including phenoxy) is 1. The summed E-state index contributed by atoms with van der Waals surface area (Å²) in [5, 5.41) is 23.4. The molecule has 0 unspecified atom stereocenters. The Bertz CT molecular complexity index is 1340. The highest BCUT2D eigenvalue weighted by molar-refractivity contribution is 6.02. The molecule has 9 nitrogen and oxygen atoms in total. The predicted octanol–water partition coefficient (Wildman–Crippen LogP) is 5.18. The van der Waals surface area contributed by atoms with Crippen LogP contribution in [0.4, 0.5) is 11.4 Å². The van der Waals surface area contributed by atoms with Crippen LogP contribution in [0.5, 0.6) is 5.75 Å². The van der Waals surface area contributed by atoms with Crippen LogP contribution in [-0.4, -0.2) is 23.0 Å². The lowest BCUT2D eigenvalue weighted by Crippen LogP contribution is -2.11. The number of nitro benzene ring substituents is 1. The fourth-order valence-corrected chi connectivity index (χ4v) is 3.42. The van der Waals surface area contributed by atoms with Crippen LogP contribution < -0.4 is 10.1 Å². The molecule has 2 aromatic carbocycles. The Kier molecular flexibility index (Phi) is 5.97. The molecule has 0 aliphatic carbocycles. The standard InChI is InChI=1S/C24H20N2O7/c1-14-11-15(3-6-18(14)21-8-5-17(13-27)32-21)25-24(28)23-10-9-22(33-23)19-7-4-16(31-2)12-20(19)26(29)30/h3-12,27H,13H2,1-2H3,(H,25,28). The van der Waals surface area contributed by atoms with Crippen molar-refractivity contribution >= 4 is 17.3 Å². The number of hydrogen-bond donors (Lipinski definition) is 2. The third-order valence-electron chi connectivity index (χ3n) is 5.06. The number of hydrogen-bond acceptors (Lipinski definition) is 7. The van der Waals surface area contributed by atoms with E-state index in [2.05, 4.69) is 5.32 Å². The molecule has 0 saturated carbocycles. The molecular formula is C24H20N2O7. The zero-order valence-electron chi connectivity index (χ0n) is 17.8. The van der Waals surface area contributed by atoms with Crippen molar-refractivity contribution < 1.29 is 28.4 Å². The smallest absolute Gasteiger partial charge is 0.291 e. The Hall–Kier alpha value is -4.37. The predicted molar refractivity (Wildman–Crippen MR) is 120 cm³/mol. The van der Waals surface area contributed by atoms with Crippen molar-refractivity contribution in [3.8, 4) is 28.4 Å². The van der Waals surface area contributed by atoms with Gasteiger partial charge in [-0.05, 0) is 67.1 Å². The molecule has 0 spiro atoms. The minimum Gasteiger partial charge on any atom is -0.497 e. The number of rotatable bonds is 7. The summed E-state index contributed by atoms with van der Waals surface area (Å²) in [5.41, 5.74) is 2.29. The molecule has 2 aromatic heterocycles. The second kappa shape index (κ2) is 9.01. The number of nitrogens with zero attached hydrogens (tertiary/aromatic N) is 1. The van der Waals surface area contributed by atoms with E-state index in [9.17, 15) is 14.9 Å². The van der Waals surface area contributed by atoms with E-state index in [0.29, 0.717) is 23.0 Å². The van der Waals surface area contributed by atoms with Gasteiger partial charge < -0.3 is 24.0 Å². The molecule has 2 N–H and O–H groups in total. The molecule has 9 heteroatoms. The van der Waals surface area contributed by atoms with Crippen molar-refractivity contribution in [1.82, 2.24) is 0 Å². The molecular weight excluding hydrogens is 428 g/mol. The Balaban J connectivity index is 1.54. The topological polar surface area (TPSA) is 128 Å². The average molecular weight is 448 g/mol. The van der Waals surface area contributed by atoms with Crippen molar-refractivity contribution in [2.45, 2.75) is 13.5 Å². The number of nitrogens with one attached hydrogen (secondary N) is 1. The van der Waals surface area contributed by atoms with Crippen molar-refractivity contribution in [2.24, 2.45) is 0 Å². The molecule has 0 bridgehead atoms. The number of aryl methyl sites for hydroxylation is 1. The monoisotopic (exact) mass is 448 g/mol. The summed E-state index contributed by atoms with van der Waals surface area (Å²) < 4.78 is 16.2. The van der Waals surface area contributed by atoms with Crippen molar-refractivity contribution in [3.63, 3.8) is 0 Å². The van der Waals surface area contributed by atoms with Crippen LogP contribution in [0.1, 0.15) is 21.9 Å². The van der Waals surface area contributed by atoms with Crippen LogP contribution in [0.25, 0.3) is 22.6 Å². The van der Waals surface area contributed by atoms with Gasteiger partial charge in [-0.15, -0.1) is 0 Å². The Morgan fingerprint density at radius 1 is 1.03 bits per heavy atom. The minimum atomic E-state index is -0.535. The van der Waals surface area contributed by atoms with Gasteiger partial charge in [-0.3, -0.25) is 14.9 Å². The third kappa shape index (κ3) is 4.48. The van der Waals surface area contributed by atoms with Crippen molar-refractivity contribution in [3.05, 3.63) is 87.9 Å². The van der Waals surface area contributed by atoms with Crippen LogP contribution in [0, 0.1) is 17.0 Å². The van der Waals surface area contributed by atoms with Gasteiger partial charge in [0.2, 0.25) is 0 Å². The molecule has 4 rings (SSSR count). The van der Waals surface area contributed by atoms with Crippen LogP contribution in [0.15, 0.2) is 69.5 Å². The lowest BCUT2D eigenvalue weighted by atomic mass is 10.1. The molecule has 1 amide bonds. The van der Waals surface area contributed by atoms with Crippen molar-refractivity contribution in [1.29, 1.82) is 0 Å². The zero-order valence-corrected chi connectivity index (χ0v) is 17.8. The molecule has 0 radical (unpaired) electrons. The van der Waals surface area contributed by atoms with E-state index in [4.69, 9.17) is 18.7 Å². The van der Waals surface area contributed by atoms with Gasteiger partial charge in [-0.1, -0.05) is 0 Å². The van der Waals surface area contributed by atoms with E-state index in [1.165, 1.54) is 31.4 Å². The zero-order chi connectivity index (χ0) is 23.5. The van der Waals surface area contributed by atoms with Gasteiger partial charge in [-0.25, -0.2) is 0 Å². The molecule has 33 heavy (non-hydrogen) atoms. The Morgan fingerprint density at radius 2 is 1.76 bits per heavy atom. The van der Waals surface area contributed by atoms with Gasteiger partial charge in [0, 0.05) is 11.3 Å². The molecule has 0 aliphatic rings. The van der Waals surface area contributed by atoms with E-state index in [-0.39, 0.29) is 29.4 Å². The Morgan fingerprint density at radius 3 is 2.42 bits per heavy atom. The van der Waals surface area contributed by atoms with Gasteiger partial charge >= 0.3 is 0 Å². The van der Waals surface area contributed by atoms with E-state index >= 15 is 0 Å². The second-order valence-electron chi connectivity index (χ2n) is 7.21. The van der Waals surface area contributed by atoms with Gasteiger partial charge in [-0.2, -0.15) is 0 Å². The molecule has 0 atom stereocenters. The third-order valence-corrected chi connectivity index (χ3v) is 5.06. The van der Waals surface area contributed by atoms with E-state index in [0.717, 1.165) is 11.1 Å². The maximum atomic E-state index is 12.7. The van der Waals surface area contributed by atoms with E-state index < -0.39 is 10.8 Å². The summed E-state index contributed by atoms with van der Waals surface area (Å²) in [6.07, 6.45) is 0. The van der Waals surface area contributed by atoms with Crippen LogP contribution in [0.3, 0.4) is 0 Å². The first kappa shape index (κ1) is 21.8. The van der Waals surface area contributed by atoms with Gasteiger partial charge in [0.1, 0.15) is 29.6 Å². The summed E-state index contributed by atoms with van der Waals surface area (Å²) in [5.74, 6) is 1.13. The normalized spacial score (nSPS) is 10.8. The summed E-state index contributed by atoms with van der Waals surface area (Å²) in [6, 6.07) is 16.1. The number of benzene rings is 2. The SMILES string of the molecule is COc1ccc(-c2ccc(C(=O)Nc3ccc(-c4ccc(CO)o4)c(C)c3)o2)c([N+](=O)[O-])c1. The lowest BCUT2D eigenvalue weighted by molar-refractivity contribution is -0.384. The van der Waals surface area contributed by atoms with Gasteiger partial charge in [0.25, 0.3) is 11.6 Å². The maximum Gasteiger partial charge on any atom is 0.291 e. The first-order chi connectivity index (χ1) is 15.9. The fourth-order valence-electron chi connectivity index (χ4n) is 3.42. The highest BCUT2D eigenvalue weighted by atomic mass is 16.6. The molecule has 0 fully saturated rings. The summed E-state index contributed by atoms with van der Waals surface area (Å²) in [7, 11) is 1.42. The molecule has 0 saturated heterocycles. The number of furan rings is 2. The Labute approximate surface area is 188 Å². The van der Waals surface area contributed by atoms with Crippen molar-refractivity contribution in [2.75, 3.05) is 12.4 Å². The fraction of sp³-hybridized carbons (Fsp3) is 0.125. The average Bonchev–Trinajstić information content (AvgIpc) is 3.49. The lowest BCUT2D eigenvalue weighted by Gasteiger charge is -2.08. The minimum absolute atomic E-state index is 0.00969. The van der Waals surface area contributed by atoms with E-state index in [1.54, 1.807) is 36.4 Å². The quantitative estimate of drug-likeness (QED) is 0.295. The molecule has 168 valence electrons. The first-order valence-electron chi connectivity index (χ1n) is 9.94. The highest BCUT2D eigenvalue weighted by Crippen LogP contribution is 2.34. The maximum absolute atomic E-state index is 12.7. The summed E-state index contributed by atoms with van der Waals surface area (Å²) >= 11 is 0. The summed E-state index contributed by atoms with van der Waals surface area (Å²) in [4.78, 5) is 23.6. The largest absolute Gasteiger partial charge is 0.497 e. The number of nitro groups is 1. The second-order valence-corrected chi connectivity index (χ2v) is 7.21. The number of methoxy groups -OCH3 is 1. The number of amides is 1. The van der Waals surface area contributed by atoms with Gasteiger partial charge in [0.15, 0.2) is 5.76 Å². The number of aliphatic hydroxyl groups excluding tert-OH is 1. The molecule has 4 aromatic rings. The van der Waals surface area contributed by atoms with Crippen LogP contribution >= 0.6 is 0 Å². The number of carbonyl (C=O) groups excluding carboxylic acids is 1. The number of anilines is 1. The van der Waals surface area contributed by atoms with E-state index in [1.807, 2.05) is 6.92 Å². The highest BCUT2D eigenvalue weighted by Gasteiger charge is 2.21.